The molecule has 0 aliphatic carbocycles. The van der Waals surface area contributed by atoms with Crippen LogP contribution in [-0.2, 0) is 6.54 Å². The Bertz CT molecular complexity index is 969. The molecule has 1 aliphatic rings. The molecule has 1 aliphatic heterocycles. The molecule has 25 heavy (non-hydrogen) atoms. The van der Waals surface area contributed by atoms with Crippen LogP contribution in [0.3, 0.4) is 0 Å². The van der Waals surface area contributed by atoms with E-state index >= 15 is 0 Å². The quantitative estimate of drug-likeness (QED) is 0.731. The van der Waals surface area contributed by atoms with Crippen molar-refractivity contribution in [2.75, 3.05) is 13.7 Å². The summed E-state index contributed by atoms with van der Waals surface area (Å²) in [6.07, 6.45) is 1.68. The van der Waals surface area contributed by atoms with Gasteiger partial charge in [-0.15, -0.1) is 0 Å². The molecule has 3 aromatic rings. The second-order valence-electron chi connectivity index (χ2n) is 5.51. The minimum Gasteiger partial charge on any atom is -0.497 e. The lowest BCUT2D eigenvalue weighted by Gasteiger charge is -2.13. The van der Waals surface area contributed by atoms with Gasteiger partial charge in [0.2, 0.25) is 0 Å². The average molecular weight is 400 g/mol. The fourth-order valence-corrected chi connectivity index (χ4v) is 3.12. The lowest BCUT2D eigenvalue weighted by molar-refractivity contribution is 0.0924. The Morgan fingerprint density at radius 2 is 2.12 bits per heavy atom. The summed E-state index contributed by atoms with van der Waals surface area (Å²) in [5.41, 5.74) is 2.68. The van der Waals surface area contributed by atoms with E-state index in [9.17, 15) is 4.79 Å². The van der Waals surface area contributed by atoms with Crippen LogP contribution < -0.4 is 10.1 Å². The molecule has 0 bridgehead atoms. The number of nitrogens with zero attached hydrogens (tertiary/aromatic N) is 4. The number of fused-ring (bicyclic) bond motifs is 1. The van der Waals surface area contributed by atoms with E-state index in [-0.39, 0.29) is 5.91 Å². The van der Waals surface area contributed by atoms with Crippen LogP contribution in [0.5, 0.6) is 5.75 Å². The average Bonchev–Trinajstić information content (AvgIpc) is 3.08. The third-order valence-corrected chi connectivity index (χ3v) is 4.65. The number of ether oxygens (including phenoxy) is 1. The van der Waals surface area contributed by atoms with Crippen LogP contribution in [-0.4, -0.2) is 39.3 Å². The monoisotopic (exact) mass is 399 g/mol. The van der Waals surface area contributed by atoms with E-state index in [1.807, 2.05) is 18.2 Å². The summed E-state index contributed by atoms with van der Waals surface area (Å²) in [7, 11) is 1.62. The second kappa shape index (κ2) is 6.29. The Hall–Kier alpha value is -2.74. The number of hydrogen-bond donors (Lipinski definition) is 1. The molecule has 0 unspecified atom stereocenters. The Balaban J connectivity index is 1.77. The first kappa shape index (κ1) is 15.8. The Morgan fingerprint density at radius 1 is 1.24 bits per heavy atom. The van der Waals surface area contributed by atoms with Crippen molar-refractivity contribution in [2.45, 2.75) is 6.54 Å². The fourth-order valence-electron chi connectivity index (χ4n) is 2.69. The predicted molar refractivity (Wildman–Crippen MR) is 95.3 cm³/mol. The van der Waals surface area contributed by atoms with Gasteiger partial charge < -0.3 is 10.1 Å². The van der Waals surface area contributed by atoms with Gasteiger partial charge in [0.1, 0.15) is 17.1 Å². The second-order valence-corrected chi connectivity index (χ2v) is 6.36. The number of nitrogens with one attached hydrogen (secondary N) is 1. The van der Waals surface area contributed by atoms with Gasteiger partial charge in [0, 0.05) is 22.8 Å². The van der Waals surface area contributed by atoms with Gasteiger partial charge in [-0.1, -0.05) is 15.9 Å². The zero-order chi connectivity index (χ0) is 17.4. The van der Waals surface area contributed by atoms with Crippen molar-refractivity contribution >= 4 is 21.8 Å². The molecule has 1 aromatic carbocycles. The molecule has 0 saturated heterocycles. The van der Waals surface area contributed by atoms with E-state index in [1.54, 1.807) is 30.1 Å². The van der Waals surface area contributed by atoms with Gasteiger partial charge in [-0.2, -0.15) is 5.10 Å². The standard InChI is InChI=1S/C17H14BrN5O2/c1-25-10-2-3-12(18)11(8-10)16-19-5-4-13(21-16)14-9-15-17(24)20-6-7-23(15)22-14/h2-5,8-9H,6-7H2,1H3,(H,20,24). The van der Waals surface area contributed by atoms with Gasteiger partial charge in [0.05, 0.1) is 19.3 Å². The summed E-state index contributed by atoms with van der Waals surface area (Å²) in [5.74, 6) is 1.16. The normalized spacial score (nSPS) is 13.3. The molecule has 0 atom stereocenters. The largest absolute Gasteiger partial charge is 0.497 e. The number of rotatable bonds is 3. The number of carbonyl (C=O) groups is 1. The summed E-state index contributed by atoms with van der Waals surface area (Å²) in [5, 5.41) is 7.30. The maximum atomic E-state index is 11.9. The molecule has 7 nitrogen and oxygen atoms in total. The Labute approximate surface area is 152 Å². The number of hydrogen-bond acceptors (Lipinski definition) is 5. The highest BCUT2D eigenvalue weighted by Gasteiger charge is 2.20. The molecule has 1 amide bonds. The minimum atomic E-state index is -0.116. The van der Waals surface area contributed by atoms with E-state index < -0.39 is 0 Å². The highest BCUT2D eigenvalue weighted by molar-refractivity contribution is 9.10. The zero-order valence-electron chi connectivity index (χ0n) is 13.4. The molecular weight excluding hydrogens is 386 g/mol. The van der Waals surface area contributed by atoms with Gasteiger partial charge in [-0.25, -0.2) is 9.97 Å². The predicted octanol–water partition coefficient (Wildman–Crippen LogP) is 2.52. The summed E-state index contributed by atoms with van der Waals surface area (Å²) >= 11 is 3.52. The summed E-state index contributed by atoms with van der Waals surface area (Å²) in [6, 6.07) is 9.16. The van der Waals surface area contributed by atoms with Gasteiger partial charge in [0.25, 0.3) is 5.91 Å². The molecule has 0 saturated carbocycles. The third-order valence-electron chi connectivity index (χ3n) is 3.95. The van der Waals surface area contributed by atoms with E-state index in [4.69, 9.17) is 4.74 Å². The van der Waals surface area contributed by atoms with Crippen LogP contribution in [0.15, 0.2) is 41.0 Å². The van der Waals surface area contributed by atoms with Crippen molar-refractivity contribution in [2.24, 2.45) is 0 Å². The number of benzene rings is 1. The van der Waals surface area contributed by atoms with Crippen molar-refractivity contribution < 1.29 is 9.53 Å². The molecule has 8 heteroatoms. The lowest BCUT2D eigenvalue weighted by atomic mass is 10.2. The van der Waals surface area contributed by atoms with Crippen molar-refractivity contribution in [3.8, 4) is 28.5 Å². The molecule has 0 fully saturated rings. The van der Waals surface area contributed by atoms with Gasteiger partial charge >= 0.3 is 0 Å². The molecule has 0 spiro atoms. The molecule has 3 heterocycles. The van der Waals surface area contributed by atoms with E-state index in [0.717, 1.165) is 15.8 Å². The molecule has 1 N–H and O–H groups in total. The summed E-state index contributed by atoms with van der Waals surface area (Å²) < 4.78 is 7.85. The summed E-state index contributed by atoms with van der Waals surface area (Å²) in [6.45, 7) is 1.24. The number of amides is 1. The fraction of sp³-hybridized carbons (Fsp3) is 0.176. The first-order valence-corrected chi connectivity index (χ1v) is 8.48. The first-order valence-electron chi connectivity index (χ1n) is 7.69. The number of halogens is 1. The van der Waals surface area contributed by atoms with Gasteiger partial charge in [-0.05, 0) is 30.3 Å². The highest BCUT2D eigenvalue weighted by Crippen LogP contribution is 2.30. The SMILES string of the molecule is COc1ccc(Br)c(-c2nccc(-c3cc4n(n3)CCNC4=O)n2)c1. The highest BCUT2D eigenvalue weighted by atomic mass is 79.9. The van der Waals surface area contributed by atoms with E-state index in [2.05, 4.69) is 36.3 Å². The lowest BCUT2D eigenvalue weighted by Crippen LogP contribution is -2.35. The maximum absolute atomic E-state index is 11.9. The van der Waals surface area contributed by atoms with Crippen LogP contribution in [0.2, 0.25) is 0 Å². The van der Waals surface area contributed by atoms with Crippen molar-refractivity contribution in [1.29, 1.82) is 0 Å². The molecule has 0 radical (unpaired) electrons. The number of aromatic nitrogens is 4. The summed E-state index contributed by atoms with van der Waals surface area (Å²) in [4.78, 5) is 20.9. The van der Waals surface area contributed by atoms with Crippen LogP contribution in [0.4, 0.5) is 0 Å². The van der Waals surface area contributed by atoms with Crippen LogP contribution >= 0.6 is 15.9 Å². The molecule has 4 rings (SSSR count). The molecule has 126 valence electrons. The topological polar surface area (TPSA) is 81.9 Å². The van der Waals surface area contributed by atoms with Crippen LogP contribution in [0.25, 0.3) is 22.8 Å². The van der Waals surface area contributed by atoms with Gasteiger partial charge in [-0.3, -0.25) is 9.48 Å². The smallest absolute Gasteiger partial charge is 0.269 e. The number of methoxy groups -OCH3 is 1. The van der Waals surface area contributed by atoms with E-state index in [1.165, 1.54) is 0 Å². The van der Waals surface area contributed by atoms with Crippen molar-refractivity contribution in [3.05, 3.63) is 46.7 Å². The minimum absolute atomic E-state index is 0.116. The van der Waals surface area contributed by atoms with Crippen LogP contribution in [0.1, 0.15) is 10.5 Å². The molecular formula is C17H14BrN5O2. The maximum Gasteiger partial charge on any atom is 0.269 e. The van der Waals surface area contributed by atoms with E-state index in [0.29, 0.717) is 36.0 Å². The Morgan fingerprint density at radius 3 is 2.92 bits per heavy atom. The first-order chi connectivity index (χ1) is 12.2. The third kappa shape index (κ3) is 2.89. The number of carbonyl (C=O) groups excluding carboxylic acids is 1. The Kier molecular flexibility index (Phi) is 3.96. The van der Waals surface area contributed by atoms with Crippen molar-refractivity contribution in [3.63, 3.8) is 0 Å². The van der Waals surface area contributed by atoms with Gasteiger partial charge in [0.15, 0.2) is 5.82 Å². The molecule has 2 aromatic heterocycles. The van der Waals surface area contributed by atoms with Crippen molar-refractivity contribution in [1.82, 2.24) is 25.1 Å². The zero-order valence-corrected chi connectivity index (χ0v) is 14.9. The van der Waals surface area contributed by atoms with Crippen LogP contribution in [0, 0.1) is 0 Å².